The van der Waals surface area contributed by atoms with E-state index in [-0.39, 0.29) is 10.5 Å². The first-order chi connectivity index (χ1) is 12.2. The standard InChI is InChI=1S/C18H20N2O5S/c1-12-5-4-6-14(9-12)20-26(23,24)15-8-7-13(2)16(10-15)18(22)25-11-17(21)19-3/h4-10,20H,11H2,1-3H3,(H,19,21). The van der Waals surface area contributed by atoms with Gasteiger partial charge in [0, 0.05) is 12.7 Å². The molecule has 0 saturated carbocycles. The molecule has 0 radical (unpaired) electrons. The molecule has 0 saturated heterocycles. The van der Waals surface area contributed by atoms with Crippen LogP contribution in [0.25, 0.3) is 0 Å². The van der Waals surface area contributed by atoms with Gasteiger partial charge < -0.3 is 10.1 Å². The van der Waals surface area contributed by atoms with E-state index in [0.29, 0.717) is 11.3 Å². The molecule has 0 aliphatic carbocycles. The van der Waals surface area contributed by atoms with E-state index in [1.807, 2.05) is 13.0 Å². The number of carbonyl (C=O) groups excluding carboxylic acids is 2. The number of anilines is 1. The van der Waals surface area contributed by atoms with Crippen LogP contribution in [0.15, 0.2) is 47.4 Å². The van der Waals surface area contributed by atoms with Gasteiger partial charge in [-0.25, -0.2) is 13.2 Å². The second-order valence-corrected chi connectivity index (χ2v) is 7.38. The fourth-order valence-electron chi connectivity index (χ4n) is 2.19. The van der Waals surface area contributed by atoms with Gasteiger partial charge in [-0.15, -0.1) is 0 Å². The number of hydrogen-bond acceptors (Lipinski definition) is 5. The molecule has 0 spiro atoms. The average molecular weight is 376 g/mol. The maximum atomic E-state index is 12.6. The predicted molar refractivity (Wildman–Crippen MR) is 97.5 cm³/mol. The number of carbonyl (C=O) groups is 2. The van der Waals surface area contributed by atoms with E-state index in [1.54, 1.807) is 25.1 Å². The van der Waals surface area contributed by atoms with E-state index in [9.17, 15) is 18.0 Å². The lowest BCUT2D eigenvalue weighted by atomic mass is 10.1. The van der Waals surface area contributed by atoms with Crippen LogP contribution < -0.4 is 10.0 Å². The van der Waals surface area contributed by atoms with Crippen LogP contribution in [0.2, 0.25) is 0 Å². The average Bonchev–Trinajstić information content (AvgIpc) is 2.59. The second kappa shape index (κ2) is 8.01. The highest BCUT2D eigenvalue weighted by atomic mass is 32.2. The number of esters is 1. The van der Waals surface area contributed by atoms with Crippen molar-refractivity contribution >= 4 is 27.6 Å². The highest BCUT2D eigenvalue weighted by molar-refractivity contribution is 7.92. The molecule has 1 amide bonds. The van der Waals surface area contributed by atoms with Crippen LogP contribution in [0.1, 0.15) is 21.5 Å². The molecule has 2 N–H and O–H groups in total. The minimum atomic E-state index is -3.88. The third kappa shape index (κ3) is 4.82. The Morgan fingerprint density at radius 3 is 2.46 bits per heavy atom. The zero-order valence-corrected chi connectivity index (χ0v) is 15.5. The van der Waals surface area contributed by atoms with E-state index in [1.165, 1.54) is 25.2 Å². The van der Waals surface area contributed by atoms with Crippen LogP contribution in [-0.2, 0) is 19.6 Å². The number of aryl methyl sites for hydroxylation is 2. The second-order valence-electron chi connectivity index (χ2n) is 5.70. The summed E-state index contributed by atoms with van der Waals surface area (Å²) in [6.07, 6.45) is 0. The van der Waals surface area contributed by atoms with E-state index in [2.05, 4.69) is 10.0 Å². The summed E-state index contributed by atoms with van der Waals surface area (Å²) >= 11 is 0. The number of benzene rings is 2. The van der Waals surface area contributed by atoms with Crippen LogP contribution in [0.3, 0.4) is 0 Å². The molecule has 138 valence electrons. The Morgan fingerprint density at radius 1 is 1.08 bits per heavy atom. The lowest BCUT2D eigenvalue weighted by Gasteiger charge is -2.11. The quantitative estimate of drug-likeness (QED) is 0.751. The van der Waals surface area contributed by atoms with Crippen molar-refractivity contribution < 1.29 is 22.7 Å². The molecule has 0 aliphatic rings. The molecular formula is C18H20N2O5S. The number of amides is 1. The molecule has 0 fully saturated rings. The Bertz CT molecular complexity index is 938. The number of likely N-dealkylation sites (N-methyl/N-ethyl adjacent to an activating group) is 1. The van der Waals surface area contributed by atoms with Crippen LogP contribution in [0.5, 0.6) is 0 Å². The van der Waals surface area contributed by atoms with Crippen molar-refractivity contribution in [1.29, 1.82) is 0 Å². The maximum Gasteiger partial charge on any atom is 0.338 e. The summed E-state index contributed by atoms with van der Waals surface area (Å²) in [4.78, 5) is 23.3. The number of ether oxygens (including phenoxy) is 1. The number of sulfonamides is 1. The zero-order valence-electron chi connectivity index (χ0n) is 14.7. The normalized spacial score (nSPS) is 10.9. The molecule has 7 nitrogen and oxygen atoms in total. The van der Waals surface area contributed by atoms with Gasteiger partial charge in [-0.1, -0.05) is 18.2 Å². The van der Waals surface area contributed by atoms with Crippen molar-refractivity contribution in [3.63, 3.8) is 0 Å². The van der Waals surface area contributed by atoms with Gasteiger partial charge in [-0.2, -0.15) is 0 Å². The van der Waals surface area contributed by atoms with Crippen LogP contribution in [0.4, 0.5) is 5.69 Å². The first-order valence-electron chi connectivity index (χ1n) is 7.81. The molecule has 0 aromatic heterocycles. The molecule has 26 heavy (non-hydrogen) atoms. The van der Waals surface area contributed by atoms with E-state index in [4.69, 9.17) is 4.74 Å². The van der Waals surface area contributed by atoms with Crippen molar-refractivity contribution in [2.24, 2.45) is 0 Å². The fraction of sp³-hybridized carbons (Fsp3) is 0.222. The van der Waals surface area contributed by atoms with Crippen molar-refractivity contribution in [3.05, 3.63) is 59.2 Å². The Hall–Kier alpha value is -2.87. The van der Waals surface area contributed by atoms with Gasteiger partial charge in [-0.3, -0.25) is 9.52 Å². The van der Waals surface area contributed by atoms with Crippen LogP contribution in [-0.4, -0.2) is 33.9 Å². The monoisotopic (exact) mass is 376 g/mol. The van der Waals surface area contributed by atoms with Crippen molar-refractivity contribution in [2.45, 2.75) is 18.7 Å². The van der Waals surface area contributed by atoms with Crippen molar-refractivity contribution in [1.82, 2.24) is 5.32 Å². The fourth-order valence-corrected chi connectivity index (χ4v) is 3.27. The molecule has 2 rings (SSSR count). The van der Waals surface area contributed by atoms with Crippen molar-refractivity contribution in [2.75, 3.05) is 18.4 Å². The Labute approximate surface area is 152 Å². The van der Waals surface area contributed by atoms with E-state index in [0.717, 1.165) is 5.56 Å². The number of nitrogens with one attached hydrogen (secondary N) is 2. The topological polar surface area (TPSA) is 102 Å². The molecule has 2 aromatic rings. The molecule has 0 atom stereocenters. The van der Waals surface area contributed by atoms with Crippen LogP contribution in [0, 0.1) is 13.8 Å². The van der Waals surface area contributed by atoms with Gasteiger partial charge in [0.15, 0.2) is 6.61 Å². The summed E-state index contributed by atoms with van der Waals surface area (Å²) in [5, 5.41) is 2.33. The maximum absolute atomic E-state index is 12.6. The minimum Gasteiger partial charge on any atom is -0.452 e. The smallest absolute Gasteiger partial charge is 0.338 e. The lowest BCUT2D eigenvalue weighted by Crippen LogP contribution is -2.25. The molecule has 0 aliphatic heterocycles. The lowest BCUT2D eigenvalue weighted by molar-refractivity contribution is -0.123. The molecule has 0 bridgehead atoms. The van der Waals surface area contributed by atoms with E-state index >= 15 is 0 Å². The largest absolute Gasteiger partial charge is 0.452 e. The SMILES string of the molecule is CNC(=O)COC(=O)c1cc(S(=O)(=O)Nc2cccc(C)c2)ccc1C. The Balaban J connectivity index is 2.27. The predicted octanol–water partition coefficient (Wildman–Crippen LogP) is 2.01. The molecule has 0 heterocycles. The van der Waals surface area contributed by atoms with E-state index < -0.39 is 28.5 Å². The highest BCUT2D eigenvalue weighted by Crippen LogP contribution is 2.20. The van der Waals surface area contributed by atoms with Gasteiger partial charge in [-0.05, 0) is 49.2 Å². The van der Waals surface area contributed by atoms with Gasteiger partial charge in [0.1, 0.15) is 0 Å². The first kappa shape index (κ1) is 19.5. The minimum absolute atomic E-state index is 0.0727. The third-order valence-electron chi connectivity index (χ3n) is 3.62. The summed E-state index contributed by atoms with van der Waals surface area (Å²) in [5.74, 6) is -1.22. The highest BCUT2D eigenvalue weighted by Gasteiger charge is 2.19. The summed E-state index contributed by atoms with van der Waals surface area (Å²) < 4.78 is 32.5. The molecular weight excluding hydrogens is 356 g/mol. The van der Waals surface area contributed by atoms with Gasteiger partial charge in [0.25, 0.3) is 15.9 Å². The summed E-state index contributed by atoms with van der Waals surface area (Å²) in [5.41, 5.74) is 1.96. The summed E-state index contributed by atoms with van der Waals surface area (Å²) in [7, 11) is -2.45. The molecule has 8 heteroatoms. The summed E-state index contributed by atoms with van der Waals surface area (Å²) in [6, 6.07) is 11.1. The Morgan fingerprint density at radius 2 is 1.81 bits per heavy atom. The third-order valence-corrected chi connectivity index (χ3v) is 5.00. The van der Waals surface area contributed by atoms with Gasteiger partial charge in [0.2, 0.25) is 0 Å². The first-order valence-corrected chi connectivity index (χ1v) is 9.29. The zero-order chi connectivity index (χ0) is 19.3. The van der Waals surface area contributed by atoms with Crippen molar-refractivity contribution in [3.8, 4) is 0 Å². The molecule has 0 unspecified atom stereocenters. The van der Waals surface area contributed by atoms with Gasteiger partial charge in [0.05, 0.1) is 10.5 Å². The van der Waals surface area contributed by atoms with Crippen LogP contribution >= 0.6 is 0 Å². The Kier molecular flexibility index (Phi) is 5.99. The number of rotatable bonds is 6. The van der Waals surface area contributed by atoms with Gasteiger partial charge >= 0.3 is 5.97 Å². The summed E-state index contributed by atoms with van der Waals surface area (Å²) in [6.45, 7) is 3.07. The number of hydrogen-bond donors (Lipinski definition) is 2. The molecule has 2 aromatic carbocycles.